The largest absolute Gasteiger partial charge is 0.457 e. The zero-order chi connectivity index (χ0) is 18.8. The molecule has 1 aliphatic heterocycles. The van der Waals surface area contributed by atoms with Crippen molar-refractivity contribution in [3.63, 3.8) is 0 Å². The Morgan fingerprint density at radius 1 is 0.962 bits per heavy atom. The quantitative estimate of drug-likeness (QED) is 0.851. The summed E-state index contributed by atoms with van der Waals surface area (Å²) in [6, 6.07) is 17.0. The first-order valence-corrected chi connectivity index (χ1v) is 9.16. The molecule has 1 heterocycles. The second-order valence-corrected chi connectivity index (χ2v) is 8.38. The van der Waals surface area contributed by atoms with Crippen LogP contribution < -0.4 is 15.4 Å². The van der Waals surface area contributed by atoms with E-state index < -0.39 is 0 Å². The first-order chi connectivity index (χ1) is 12.2. The van der Waals surface area contributed by atoms with E-state index in [1.54, 1.807) is 0 Å². The highest BCUT2D eigenvalue weighted by Gasteiger charge is 2.38. The molecule has 0 atom stereocenters. The molecule has 1 fully saturated rings. The fraction of sp³-hybridized carbons (Fsp3) is 0.409. The average molecular weight is 352 g/mol. The third-order valence-corrected chi connectivity index (χ3v) is 4.63. The number of hydrogen-bond donors (Lipinski definition) is 2. The van der Waals surface area contributed by atoms with Crippen LogP contribution in [0.15, 0.2) is 54.6 Å². The van der Waals surface area contributed by atoms with Crippen molar-refractivity contribution in [2.75, 3.05) is 0 Å². The first-order valence-electron chi connectivity index (χ1n) is 9.16. The maximum absolute atomic E-state index is 12.9. The van der Waals surface area contributed by atoms with Gasteiger partial charge in [0.25, 0.3) is 5.91 Å². The number of para-hydroxylation sites is 2. The van der Waals surface area contributed by atoms with Crippen LogP contribution in [0.5, 0.6) is 11.5 Å². The fourth-order valence-corrected chi connectivity index (χ4v) is 4.05. The summed E-state index contributed by atoms with van der Waals surface area (Å²) in [5.41, 5.74) is 0.532. The maximum Gasteiger partial charge on any atom is 0.255 e. The minimum atomic E-state index is -0.0879. The van der Waals surface area contributed by atoms with Gasteiger partial charge < -0.3 is 15.4 Å². The topological polar surface area (TPSA) is 50.4 Å². The fourth-order valence-electron chi connectivity index (χ4n) is 4.05. The summed E-state index contributed by atoms with van der Waals surface area (Å²) >= 11 is 0. The number of carbonyl (C=O) groups is 1. The van der Waals surface area contributed by atoms with Crippen LogP contribution in [0.2, 0.25) is 0 Å². The molecule has 0 aromatic heterocycles. The normalized spacial score (nSPS) is 18.9. The Morgan fingerprint density at radius 2 is 1.54 bits per heavy atom. The summed E-state index contributed by atoms with van der Waals surface area (Å²) < 4.78 is 5.93. The van der Waals surface area contributed by atoms with Crippen LogP contribution in [0.25, 0.3) is 0 Å². The molecule has 0 saturated carbocycles. The molecule has 2 aromatic carbocycles. The van der Waals surface area contributed by atoms with Gasteiger partial charge in [0.1, 0.15) is 11.5 Å². The third-order valence-electron chi connectivity index (χ3n) is 4.63. The van der Waals surface area contributed by atoms with E-state index in [2.05, 4.69) is 38.3 Å². The number of amides is 1. The van der Waals surface area contributed by atoms with Crippen molar-refractivity contribution < 1.29 is 9.53 Å². The van der Waals surface area contributed by atoms with Crippen molar-refractivity contribution in [2.24, 2.45) is 0 Å². The number of benzene rings is 2. The van der Waals surface area contributed by atoms with Crippen LogP contribution in [-0.4, -0.2) is 23.0 Å². The molecule has 1 saturated heterocycles. The lowest BCUT2D eigenvalue weighted by atomic mass is 9.79. The molecule has 4 nitrogen and oxygen atoms in total. The second-order valence-electron chi connectivity index (χ2n) is 8.38. The molecule has 3 rings (SSSR count). The van der Waals surface area contributed by atoms with E-state index in [0.717, 1.165) is 18.6 Å². The molecule has 1 aliphatic rings. The molecular formula is C22H28N2O2. The zero-order valence-electron chi connectivity index (χ0n) is 16.0. The molecule has 26 heavy (non-hydrogen) atoms. The van der Waals surface area contributed by atoms with Gasteiger partial charge in [-0.2, -0.15) is 0 Å². The average Bonchev–Trinajstić information content (AvgIpc) is 2.53. The summed E-state index contributed by atoms with van der Waals surface area (Å²) in [5.74, 6) is 1.20. The van der Waals surface area contributed by atoms with Crippen LogP contribution >= 0.6 is 0 Å². The Hall–Kier alpha value is -2.33. The van der Waals surface area contributed by atoms with E-state index in [-0.39, 0.29) is 23.0 Å². The number of ether oxygens (including phenoxy) is 1. The van der Waals surface area contributed by atoms with Gasteiger partial charge in [0.15, 0.2) is 0 Å². The minimum Gasteiger partial charge on any atom is -0.457 e. The molecule has 1 amide bonds. The van der Waals surface area contributed by atoms with Gasteiger partial charge in [-0.25, -0.2) is 0 Å². The molecule has 0 aliphatic carbocycles. The molecule has 0 unspecified atom stereocenters. The summed E-state index contributed by atoms with van der Waals surface area (Å²) in [4.78, 5) is 12.9. The Morgan fingerprint density at radius 3 is 2.19 bits per heavy atom. The minimum absolute atomic E-state index is 0.0141. The predicted octanol–water partition coefficient (Wildman–Crippen LogP) is 4.52. The number of piperidine rings is 1. The van der Waals surface area contributed by atoms with Gasteiger partial charge in [0.2, 0.25) is 0 Å². The predicted molar refractivity (Wildman–Crippen MR) is 105 cm³/mol. The molecule has 2 aromatic rings. The van der Waals surface area contributed by atoms with Crippen LogP contribution in [0.3, 0.4) is 0 Å². The number of nitrogens with one attached hydrogen (secondary N) is 2. The van der Waals surface area contributed by atoms with Crippen molar-refractivity contribution in [3.8, 4) is 11.5 Å². The highest BCUT2D eigenvalue weighted by molar-refractivity contribution is 5.97. The molecular weight excluding hydrogens is 324 g/mol. The molecule has 4 heteroatoms. The van der Waals surface area contributed by atoms with E-state index in [1.807, 2.05) is 54.6 Å². The van der Waals surface area contributed by atoms with E-state index in [9.17, 15) is 4.79 Å². The highest BCUT2D eigenvalue weighted by atomic mass is 16.5. The summed E-state index contributed by atoms with van der Waals surface area (Å²) in [6.45, 7) is 8.72. The van der Waals surface area contributed by atoms with E-state index in [4.69, 9.17) is 4.74 Å². The number of carbonyl (C=O) groups excluding carboxylic acids is 1. The van der Waals surface area contributed by atoms with Gasteiger partial charge in [0.05, 0.1) is 5.56 Å². The van der Waals surface area contributed by atoms with Gasteiger partial charge >= 0.3 is 0 Å². The van der Waals surface area contributed by atoms with Gasteiger partial charge in [-0.3, -0.25) is 4.79 Å². The van der Waals surface area contributed by atoms with Crippen molar-refractivity contribution in [1.29, 1.82) is 0 Å². The standard InChI is InChI=1S/C22H28N2O2/c1-21(2)14-16(15-22(3,4)24-21)23-20(25)18-12-8-9-13-19(18)26-17-10-6-5-7-11-17/h5-13,16,24H,14-15H2,1-4H3,(H,23,25). The van der Waals surface area contributed by atoms with E-state index >= 15 is 0 Å². The van der Waals surface area contributed by atoms with Gasteiger partial charge in [-0.1, -0.05) is 30.3 Å². The SMILES string of the molecule is CC1(C)CC(NC(=O)c2ccccc2Oc2ccccc2)CC(C)(C)N1. The van der Waals surface area contributed by atoms with Crippen LogP contribution in [-0.2, 0) is 0 Å². The van der Waals surface area contributed by atoms with Gasteiger partial charge in [-0.05, 0) is 64.8 Å². The van der Waals surface area contributed by atoms with Crippen molar-refractivity contribution in [2.45, 2.75) is 57.7 Å². The molecule has 0 bridgehead atoms. The third kappa shape index (κ3) is 4.64. The summed E-state index contributed by atoms with van der Waals surface area (Å²) in [6.07, 6.45) is 1.79. The Labute approximate surface area is 156 Å². The van der Waals surface area contributed by atoms with Crippen LogP contribution in [0.4, 0.5) is 0 Å². The van der Waals surface area contributed by atoms with E-state index in [0.29, 0.717) is 11.3 Å². The summed E-state index contributed by atoms with van der Waals surface area (Å²) in [5, 5.41) is 6.86. The second kappa shape index (κ2) is 7.12. The first kappa shape index (κ1) is 18.5. The van der Waals surface area contributed by atoms with Crippen molar-refractivity contribution in [1.82, 2.24) is 10.6 Å². The van der Waals surface area contributed by atoms with Crippen LogP contribution in [0, 0.1) is 0 Å². The van der Waals surface area contributed by atoms with Crippen LogP contribution in [0.1, 0.15) is 50.9 Å². The number of rotatable bonds is 4. The number of hydrogen-bond acceptors (Lipinski definition) is 3. The lowest BCUT2D eigenvalue weighted by Crippen LogP contribution is -2.62. The van der Waals surface area contributed by atoms with Crippen molar-refractivity contribution >= 4 is 5.91 Å². The molecule has 138 valence electrons. The molecule has 0 radical (unpaired) electrons. The molecule has 0 spiro atoms. The Kier molecular flexibility index (Phi) is 5.05. The van der Waals surface area contributed by atoms with Gasteiger partial charge in [-0.15, -0.1) is 0 Å². The smallest absolute Gasteiger partial charge is 0.255 e. The molecule has 2 N–H and O–H groups in total. The van der Waals surface area contributed by atoms with Crippen molar-refractivity contribution in [3.05, 3.63) is 60.2 Å². The summed E-state index contributed by atoms with van der Waals surface area (Å²) in [7, 11) is 0. The van der Waals surface area contributed by atoms with Gasteiger partial charge in [0, 0.05) is 17.1 Å². The Bertz CT molecular complexity index is 753. The highest BCUT2D eigenvalue weighted by Crippen LogP contribution is 2.30. The monoisotopic (exact) mass is 352 g/mol. The maximum atomic E-state index is 12.9. The zero-order valence-corrected chi connectivity index (χ0v) is 16.0. The lowest BCUT2D eigenvalue weighted by molar-refractivity contribution is 0.0871. The van der Waals surface area contributed by atoms with E-state index in [1.165, 1.54) is 0 Å². The Balaban J connectivity index is 1.76. The lowest BCUT2D eigenvalue weighted by Gasteiger charge is -2.46.